The molecule has 6 heteroatoms. The molecule has 19 heavy (non-hydrogen) atoms. The van der Waals surface area contributed by atoms with Crippen LogP contribution < -0.4 is 0 Å². The van der Waals surface area contributed by atoms with E-state index in [0.29, 0.717) is 5.56 Å². The Morgan fingerprint density at radius 2 is 1.84 bits per heavy atom. The largest absolute Gasteiger partial charge is 0.504 e. The van der Waals surface area contributed by atoms with Crippen LogP contribution in [0.2, 0.25) is 0 Å². The minimum absolute atomic E-state index is 0.171. The number of allylic oxidation sites excluding steroid dienone is 3. The maximum Gasteiger partial charge on any atom is 0.257 e. The van der Waals surface area contributed by atoms with Gasteiger partial charge in [-0.1, -0.05) is 24.3 Å². The van der Waals surface area contributed by atoms with E-state index in [9.17, 15) is 9.90 Å². The quantitative estimate of drug-likeness (QED) is 0.495. The van der Waals surface area contributed by atoms with Gasteiger partial charge in [-0.3, -0.25) is 9.36 Å². The summed E-state index contributed by atoms with van der Waals surface area (Å²) in [4.78, 5) is 11.5. The number of phenols is 2. The molecule has 0 spiro atoms. The Morgan fingerprint density at radius 3 is 2.53 bits per heavy atom. The molecule has 1 aromatic heterocycles. The van der Waals surface area contributed by atoms with Gasteiger partial charge < -0.3 is 10.2 Å². The van der Waals surface area contributed by atoms with Gasteiger partial charge in [-0.25, -0.2) is 0 Å². The molecule has 0 radical (unpaired) electrons. The van der Waals surface area contributed by atoms with E-state index < -0.39 is 0 Å². The molecule has 0 aliphatic rings. The molecule has 0 amide bonds. The average Bonchev–Trinajstić information content (AvgIpc) is 2.92. The second-order valence-corrected chi connectivity index (χ2v) is 3.67. The molecule has 2 aromatic rings. The summed E-state index contributed by atoms with van der Waals surface area (Å²) in [6.45, 7) is 0. The van der Waals surface area contributed by atoms with Gasteiger partial charge in [0.1, 0.15) is 12.7 Å². The Hall–Kier alpha value is -2.89. The molecule has 6 nitrogen and oxygen atoms in total. The first-order valence-electron chi connectivity index (χ1n) is 5.42. The summed E-state index contributed by atoms with van der Waals surface area (Å²) in [6.07, 6.45) is 8.89. The van der Waals surface area contributed by atoms with E-state index in [0.717, 1.165) is 0 Å². The lowest BCUT2D eigenvalue weighted by Crippen LogP contribution is -2.03. The van der Waals surface area contributed by atoms with E-state index >= 15 is 0 Å². The number of hydrogen-bond acceptors (Lipinski definition) is 5. The molecule has 0 bridgehead atoms. The van der Waals surface area contributed by atoms with Crippen LogP contribution in [-0.2, 0) is 0 Å². The molecule has 0 unspecified atom stereocenters. The zero-order valence-corrected chi connectivity index (χ0v) is 9.84. The van der Waals surface area contributed by atoms with Crippen LogP contribution in [0.5, 0.6) is 11.5 Å². The van der Waals surface area contributed by atoms with Crippen LogP contribution in [0.1, 0.15) is 10.4 Å². The Balaban J connectivity index is 1.99. The Morgan fingerprint density at radius 1 is 1.11 bits per heavy atom. The fraction of sp³-hybridized carbons (Fsp3) is 0. The second kappa shape index (κ2) is 5.63. The third-order valence-electron chi connectivity index (χ3n) is 2.31. The van der Waals surface area contributed by atoms with Crippen LogP contribution in [0, 0.1) is 0 Å². The number of aromatic nitrogens is 3. The molecule has 0 saturated heterocycles. The number of carbonyl (C=O) groups is 1. The highest BCUT2D eigenvalue weighted by atomic mass is 16.3. The third kappa shape index (κ3) is 3.29. The van der Waals surface area contributed by atoms with Crippen molar-refractivity contribution in [2.75, 3.05) is 0 Å². The first-order chi connectivity index (χ1) is 9.16. The zero-order chi connectivity index (χ0) is 13.7. The number of nitrogens with zero attached hydrogens (tertiary/aromatic N) is 3. The highest BCUT2D eigenvalue weighted by molar-refractivity contribution is 5.89. The van der Waals surface area contributed by atoms with E-state index in [1.54, 1.807) is 24.3 Å². The first kappa shape index (κ1) is 12.6. The summed E-state index contributed by atoms with van der Waals surface area (Å²) >= 11 is 0. The molecule has 1 heterocycles. The van der Waals surface area contributed by atoms with Crippen molar-refractivity contribution in [3.63, 3.8) is 0 Å². The Bertz CT molecular complexity index is 631. The topological polar surface area (TPSA) is 88.2 Å². The Labute approximate surface area is 109 Å². The summed E-state index contributed by atoms with van der Waals surface area (Å²) in [5.41, 5.74) is 0.705. The maximum atomic E-state index is 11.5. The third-order valence-corrected chi connectivity index (χ3v) is 2.31. The highest BCUT2D eigenvalue weighted by Crippen LogP contribution is 2.25. The van der Waals surface area contributed by atoms with Crippen LogP contribution in [-0.4, -0.2) is 30.9 Å². The van der Waals surface area contributed by atoms with Crippen molar-refractivity contribution < 1.29 is 15.0 Å². The van der Waals surface area contributed by atoms with Gasteiger partial charge in [-0.2, -0.15) is 0 Å². The molecule has 0 fully saturated rings. The maximum absolute atomic E-state index is 11.5. The predicted molar refractivity (Wildman–Crippen MR) is 68.6 cm³/mol. The summed E-state index contributed by atoms with van der Waals surface area (Å²) in [5, 5.41) is 25.5. The van der Waals surface area contributed by atoms with Gasteiger partial charge in [0.05, 0.1) is 0 Å². The van der Waals surface area contributed by atoms with Crippen LogP contribution >= 0.6 is 0 Å². The van der Waals surface area contributed by atoms with E-state index in [1.807, 2.05) is 0 Å². The van der Waals surface area contributed by atoms with Gasteiger partial charge in [0.2, 0.25) is 0 Å². The van der Waals surface area contributed by atoms with Crippen LogP contribution in [0.15, 0.2) is 49.1 Å². The summed E-state index contributed by atoms with van der Waals surface area (Å²) in [6, 6.07) is 4.45. The molecule has 0 aliphatic carbocycles. The van der Waals surface area contributed by atoms with Crippen molar-refractivity contribution in [3.8, 4) is 11.5 Å². The van der Waals surface area contributed by atoms with Crippen molar-refractivity contribution in [1.82, 2.24) is 14.8 Å². The number of hydrogen-bond donors (Lipinski definition) is 2. The van der Waals surface area contributed by atoms with E-state index in [2.05, 4.69) is 10.2 Å². The first-order valence-corrected chi connectivity index (χ1v) is 5.42. The standard InChI is InChI=1S/C13H11N3O3/c17-11-6-5-10(7-12(11)18)3-1-2-4-13(19)16-8-14-15-9-16/h1-9,17-18H/b3-1+,4-2+. The smallest absolute Gasteiger partial charge is 0.257 e. The SMILES string of the molecule is O=C(/C=C/C=C/c1ccc(O)c(O)c1)n1cnnc1. The number of benzene rings is 1. The predicted octanol–water partition coefficient (Wildman–Crippen LogP) is 1.60. The highest BCUT2D eigenvalue weighted by Gasteiger charge is 1.98. The summed E-state index contributed by atoms with van der Waals surface area (Å²) in [5.74, 6) is -0.620. The lowest BCUT2D eigenvalue weighted by molar-refractivity contribution is 0.0968. The van der Waals surface area contributed by atoms with Crippen molar-refractivity contribution >= 4 is 12.0 Å². The van der Waals surface area contributed by atoms with Crippen LogP contribution in [0.3, 0.4) is 0 Å². The molecule has 96 valence electrons. The number of rotatable bonds is 3. The molecule has 0 saturated carbocycles. The fourth-order valence-electron chi connectivity index (χ4n) is 1.35. The minimum Gasteiger partial charge on any atom is -0.504 e. The molecule has 1 aromatic carbocycles. The number of aromatic hydroxyl groups is 2. The molecule has 0 aliphatic heterocycles. The summed E-state index contributed by atoms with van der Waals surface area (Å²) in [7, 11) is 0. The van der Waals surface area contributed by atoms with Gasteiger partial charge in [-0.15, -0.1) is 10.2 Å². The molecule has 0 atom stereocenters. The number of carbonyl (C=O) groups excluding carboxylic acids is 1. The summed E-state index contributed by atoms with van der Waals surface area (Å²) < 4.78 is 1.25. The zero-order valence-electron chi connectivity index (χ0n) is 9.84. The van der Waals surface area contributed by atoms with Crippen LogP contribution in [0.4, 0.5) is 0 Å². The average molecular weight is 257 g/mol. The van der Waals surface area contributed by atoms with Crippen molar-refractivity contribution in [2.24, 2.45) is 0 Å². The lowest BCUT2D eigenvalue weighted by Gasteiger charge is -1.97. The minimum atomic E-state index is -0.261. The molecular formula is C13H11N3O3. The van der Waals surface area contributed by atoms with Crippen molar-refractivity contribution in [1.29, 1.82) is 0 Å². The van der Waals surface area contributed by atoms with Crippen molar-refractivity contribution in [3.05, 3.63) is 54.6 Å². The van der Waals surface area contributed by atoms with Crippen molar-refractivity contribution in [2.45, 2.75) is 0 Å². The fourth-order valence-corrected chi connectivity index (χ4v) is 1.35. The molecule has 2 N–H and O–H groups in total. The van der Waals surface area contributed by atoms with E-state index in [4.69, 9.17) is 5.11 Å². The van der Waals surface area contributed by atoms with Gasteiger partial charge in [0, 0.05) is 6.08 Å². The normalized spacial score (nSPS) is 11.4. The second-order valence-electron chi connectivity index (χ2n) is 3.67. The monoisotopic (exact) mass is 257 g/mol. The molecular weight excluding hydrogens is 246 g/mol. The van der Waals surface area contributed by atoms with Gasteiger partial charge in [-0.05, 0) is 17.7 Å². The van der Waals surface area contributed by atoms with Crippen LogP contribution in [0.25, 0.3) is 6.08 Å². The van der Waals surface area contributed by atoms with Gasteiger partial charge >= 0.3 is 0 Å². The number of phenolic OH excluding ortho intramolecular Hbond substituents is 2. The lowest BCUT2D eigenvalue weighted by atomic mass is 10.2. The molecule has 2 rings (SSSR count). The van der Waals surface area contributed by atoms with E-state index in [-0.39, 0.29) is 17.4 Å². The van der Waals surface area contributed by atoms with Gasteiger partial charge in [0.15, 0.2) is 11.5 Å². The van der Waals surface area contributed by atoms with Gasteiger partial charge in [0.25, 0.3) is 5.91 Å². The Kier molecular flexibility index (Phi) is 3.72. The van der Waals surface area contributed by atoms with E-state index in [1.165, 1.54) is 35.4 Å².